The molecule has 0 unspecified atom stereocenters. The van der Waals surface area contributed by atoms with Crippen LogP contribution in [0.1, 0.15) is 26.7 Å². The number of hydrogen-bond acceptors (Lipinski definition) is 2. The number of rotatable bonds is 4. The van der Waals surface area contributed by atoms with Gasteiger partial charge in [-0.05, 0) is 19.8 Å². The SMILES string of the molecule is CCC(C(=O)O)=C(C)CCO. The molecule has 64 valence electrons. The zero-order chi connectivity index (χ0) is 8.85. The lowest BCUT2D eigenvalue weighted by Gasteiger charge is -2.03. The second-order valence-corrected chi connectivity index (χ2v) is 2.39. The maximum atomic E-state index is 10.5. The summed E-state index contributed by atoms with van der Waals surface area (Å²) in [6.45, 7) is 3.55. The molecule has 0 aliphatic carbocycles. The van der Waals surface area contributed by atoms with Gasteiger partial charge in [-0.25, -0.2) is 4.79 Å². The number of aliphatic hydroxyl groups excluding tert-OH is 1. The summed E-state index contributed by atoms with van der Waals surface area (Å²) >= 11 is 0. The minimum Gasteiger partial charge on any atom is -0.478 e. The monoisotopic (exact) mass is 158 g/mol. The molecule has 0 amide bonds. The van der Waals surface area contributed by atoms with Crippen LogP contribution in [0.25, 0.3) is 0 Å². The van der Waals surface area contributed by atoms with E-state index in [2.05, 4.69) is 0 Å². The van der Waals surface area contributed by atoms with Crippen LogP contribution in [0.4, 0.5) is 0 Å². The van der Waals surface area contributed by atoms with Gasteiger partial charge in [0.2, 0.25) is 0 Å². The first-order chi connectivity index (χ1) is 5.13. The Labute approximate surface area is 66.4 Å². The van der Waals surface area contributed by atoms with Gasteiger partial charge < -0.3 is 10.2 Å². The van der Waals surface area contributed by atoms with E-state index >= 15 is 0 Å². The average Bonchev–Trinajstić information content (AvgIpc) is 1.88. The summed E-state index contributed by atoms with van der Waals surface area (Å²) in [5.74, 6) is -0.876. The van der Waals surface area contributed by atoms with Crippen molar-refractivity contribution in [1.29, 1.82) is 0 Å². The number of carbonyl (C=O) groups is 1. The Hall–Kier alpha value is -0.830. The average molecular weight is 158 g/mol. The normalized spacial score (nSPS) is 12.6. The molecule has 0 saturated heterocycles. The summed E-state index contributed by atoms with van der Waals surface area (Å²) < 4.78 is 0. The molecule has 0 aromatic carbocycles. The van der Waals surface area contributed by atoms with Gasteiger partial charge in [0, 0.05) is 12.2 Å². The zero-order valence-corrected chi connectivity index (χ0v) is 6.92. The standard InChI is InChI=1S/C8H14O3/c1-3-7(8(10)11)6(2)4-5-9/h9H,3-5H2,1-2H3,(H,10,11). The van der Waals surface area contributed by atoms with E-state index in [9.17, 15) is 4.79 Å². The predicted molar refractivity (Wildman–Crippen MR) is 42.3 cm³/mol. The summed E-state index contributed by atoms with van der Waals surface area (Å²) in [4.78, 5) is 10.5. The first kappa shape index (κ1) is 10.2. The topological polar surface area (TPSA) is 57.5 Å². The molecule has 0 spiro atoms. The highest BCUT2D eigenvalue weighted by molar-refractivity contribution is 5.87. The third-order valence-electron chi connectivity index (χ3n) is 1.61. The van der Waals surface area contributed by atoms with Crippen LogP contribution in [-0.4, -0.2) is 22.8 Å². The molecule has 0 aromatic rings. The largest absolute Gasteiger partial charge is 0.478 e. The van der Waals surface area contributed by atoms with Crippen molar-refractivity contribution < 1.29 is 15.0 Å². The maximum absolute atomic E-state index is 10.5. The molecule has 0 heterocycles. The van der Waals surface area contributed by atoms with Crippen LogP contribution in [0, 0.1) is 0 Å². The third kappa shape index (κ3) is 3.18. The van der Waals surface area contributed by atoms with Crippen LogP contribution in [0.3, 0.4) is 0 Å². The van der Waals surface area contributed by atoms with Gasteiger partial charge in [-0.2, -0.15) is 0 Å². The molecule has 0 atom stereocenters. The first-order valence-corrected chi connectivity index (χ1v) is 3.66. The Morgan fingerprint density at radius 1 is 1.45 bits per heavy atom. The van der Waals surface area contributed by atoms with Gasteiger partial charge in [0.1, 0.15) is 0 Å². The maximum Gasteiger partial charge on any atom is 0.331 e. The van der Waals surface area contributed by atoms with Gasteiger partial charge in [-0.15, -0.1) is 0 Å². The van der Waals surface area contributed by atoms with Crippen molar-refractivity contribution in [3.05, 3.63) is 11.1 Å². The first-order valence-electron chi connectivity index (χ1n) is 3.66. The van der Waals surface area contributed by atoms with E-state index in [1.165, 1.54) is 0 Å². The van der Waals surface area contributed by atoms with Gasteiger partial charge in [-0.3, -0.25) is 0 Å². The van der Waals surface area contributed by atoms with E-state index in [4.69, 9.17) is 10.2 Å². The molecular formula is C8H14O3. The fraction of sp³-hybridized carbons (Fsp3) is 0.625. The van der Waals surface area contributed by atoms with Crippen molar-refractivity contribution in [1.82, 2.24) is 0 Å². The van der Waals surface area contributed by atoms with Crippen LogP contribution < -0.4 is 0 Å². The molecule has 2 N–H and O–H groups in total. The Bertz CT molecular complexity index is 170. The molecule has 0 aliphatic rings. The summed E-state index contributed by atoms with van der Waals surface area (Å²) in [5.41, 5.74) is 1.18. The van der Waals surface area contributed by atoms with Gasteiger partial charge in [0.05, 0.1) is 0 Å². The van der Waals surface area contributed by atoms with E-state index < -0.39 is 5.97 Å². The number of aliphatic carboxylic acids is 1. The van der Waals surface area contributed by atoms with Gasteiger partial charge >= 0.3 is 5.97 Å². The molecule has 0 fully saturated rings. The van der Waals surface area contributed by atoms with E-state index in [1.807, 2.05) is 0 Å². The van der Waals surface area contributed by atoms with Crippen molar-refractivity contribution >= 4 is 5.97 Å². The fourth-order valence-electron chi connectivity index (χ4n) is 0.954. The van der Waals surface area contributed by atoms with E-state index in [-0.39, 0.29) is 6.61 Å². The highest BCUT2D eigenvalue weighted by Gasteiger charge is 2.07. The van der Waals surface area contributed by atoms with Gasteiger partial charge in [0.15, 0.2) is 0 Å². The van der Waals surface area contributed by atoms with Crippen molar-refractivity contribution in [2.24, 2.45) is 0 Å². The highest BCUT2D eigenvalue weighted by atomic mass is 16.4. The Morgan fingerprint density at radius 2 is 2.00 bits per heavy atom. The molecule has 3 nitrogen and oxygen atoms in total. The van der Waals surface area contributed by atoms with E-state index in [0.29, 0.717) is 18.4 Å². The number of carboxylic acids is 1. The number of hydrogen-bond donors (Lipinski definition) is 2. The molecular weight excluding hydrogens is 144 g/mol. The van der Waals surface area contributed by atoms with Crippen molar-refractivity contribution in [3.63, 3.8) is 0 Å². The second-order valence-electron chi connectivity index (χ2n) is 2.39. The molecule has 3 heteroatoms. The number of aliphatic hydroxyl groups is 1. The predicted octanol–water partition coefficient (Wildman–Crippen LogP) is 1.18. The molecule has 0 saturated carbocycles. The minimum absolute atomic E-state index is 0.0165. The zero-order valence-electron chi connectivity index (χ0n) is 6.92. The lowest BCUT2D eigenvalue weighted by atomic mass is 10.1. The van der Waals surface area contributed by atoms with Crippen molar-refractivity contribution in [2.75, 3.05) is 6.61 Å². The second kappa shape index (κ2) is 4.91. The number of carboxylic acid groups (broad SMARTS) is 1. The van der Waals surface area contributed by atoms with Crippen LogP contribution >= 0.6 is 0 Å². The van der Waals surface area contributed by atoms with Crippen LogP contribution in [-0.2, 0) is 4.79 Å². The van der Waals surface area contributed by atoms with Crippen LogP contribution in [0.2, 0.25) is 0 Å². The fourth-order valence-corrected chi connectivity index (χ4v) is 0.954. The molecule has 0 radical (unpaired) electrons. The van der Waals surface area contributed by atoms with E-state index in [0.717, 1.165) is 5.57 Å². The lowest BCUT2D eigenvalue weighted by Crippen LogP contribution is -2.03. The highest BCUT2D eigenvalue weighted by Crippen LogP contribution is 2.11. The summed E-state index contributed by atoms with van der Waals surface area (Å²) in [6.07, 6.45) is 0.969. The summed E-state index contributed by atoms with van der Waals surface area (Å²) in [5, 5.41) is 17.2. The Kier molecular flexibility index (Phi) is 4.54. The Morgan fingerprint density at radius 3 is 2.27 bits per heavy atom. The van der Waals surface area contributed by atoms with Gasteiger partial charge in [-0.1, -0.05) is 12.5 Å². The van der Waals surface area contributed by atoms with Gasteiger partial charge in [0.25, 0.3) is 0 Å². The smallest absolute Gasteiger partial charge is 0.331 e. The molecule has 0 rings (SSSR count). The van der Waals surface area contributed by atoms with Crippen LogP contribution in [0.15, 0.2) is 11.1 Å². The molecule has 0 aliphatic heterocycles. The Balaban J connectivity index is 4.40. The quantitative estimate of drug-likeness (QED) is 0.604. The minimum atomic E-state index is -0.876. The van der Waals surface area contributed by atoms with Crippen molar-refractivity contribution in [3.8, 4) is 0 Å². The lowest BCUT2D eigenvalue weighted by molar-refractivity contribution is -0.132. The molecule has 0 aromatic heterocycles. The van der Waals surface area contributed by atoms with Crippen LogP contribution in [0.5, 0.6) is 0 Å². The summed E-state index contributed by atoms with van der Waals surface area (Å²) in [7, 11) is 0. The molecule has 0 bridgehead atoms. The van der Waals surface area contributed by atoms with Crippen molar-refractivity contribution in [2.45, 2.75) is 26.7 Å². The third-order valence-corrected chi connectivity index (χ3v) is 1.61. The van der Waals surface area contributed by atoms with E-state index in [1.54, 1.807) is 13.8 Å². The summed E-state index contributed by atoms with van der Waals surface area (Å²) in [6, 6.07) is 0. The molecule has 11 heavy (non-hydrogen) atoms.